The highest BCUT2D eigenvalue weighted by Crippen LogP contribution is 2.26. The van der Waals surface area contributed by atoms with Crippen LogP contribution in [0.3, 0.4) is 0 Å². The number of nitro groups is 1. The largest absolute Gasteiger partial charge is 0.377 e. The number of amides is 2. The molecule has 1 saturated heterocycles. The highest BCUT2D eigenvalue weighted by atomic mass is 16.6. The van der Waals surface area contributed by atoms with Gasteiger partial charge in [-0.2, -0.15) is 0 Å². The number of hydrogen-bond acceptors (Lipinski definition) is 5. The Morgan fingerprint density at radius 3 is 1.97 bits per heavy atom. The van der Waals surface area contributed by atoms with E-state index < -0.39 is 4.92 Å². The van der Waals surface area contributed by atoms with Crippen molar-refractivity contribution in [2.45, 2.75) is 19.8 Å². The van der Waals surface area contributed by atoms with E-state index in [1.165, 1.54) is 17.7 Å². The number of carbonyl (C=O) groups excluding carboxylic acids is 2. The molecule has 8 nitrogen and oxygen atoms in total. The molecule has 164 valence electrons. The van der Waals surface area contributed by atoms with Gasteiger partial charge in [-0.1, -0.05) is 26.0 Å². The van der Waals surface area contributed by atoms with Gasteiger partial charge in [-0.3, -0.25) is 19.7 Å². The Bertz CT molecular complexity index is 978. The van der Waals surface area contributed by atoms with Crippen molar-refractivity contribution in [2.75, 3.05) is 45.2 Å². The van der Waals surface area contributed by atoms with Gasteiger partial charge in [-0.05, 0) is 29.7 Å². The molecule has 0 spiro atoms. The van der Waals surface area contributed by atoms with Crippen molar-refractivity contribution in [3.63, 3.8) is 0 Å². The molecule has 1 fully saturated rings. The molecule has 0 atom stereocenters. The molecule has 31 heavy (non-hydrogen) atoms. The second-order valence-corrected chi connectivity index (χ2v) is 8.21. The summed E-state index contributed by atoms with van der Waals surface area (Å²) in [4.78, 5) is 41.8. The van der Waals surface area contributed by atoms with Gasteiger partial charge in [0.25, 0.3) is 17.5 Å². The second kappa shape index (κ2) is 9.16. The molecule has 2 amide bonds. The predicted molar refractivity (Wildman–Crippen MR) is 120 cm³/mol. The monoisotopic (exact) mass is 424 g/mol. The minimum atomic E-state index is -0.503. The van der Waals surface area contributed by atoms with Gasteiger partial charge < -0.3 is 14.7 Å². The molecule has 0 saturated carbocycles. The van der Waals surface area contributed by atoms with E-state index in [9.17, 15) is 19.7 Å². The van der Waals surface area contributed by atoms with Crippen LogP contribution in [-0.4, -0.2) is 66.8 Å². The third-order valence-electron chi connectivity index (χ3n) is 5.58. The summed E-state index contributed by atoms with van der Waals surface area (Å²) in [6, 6.07) is 12.0. The van der Waals surface area contributed by atoms with E-state index in [0.29, 0.717) is 48.9 Å². The highest BCUT2D eigenvalue weighted by molar-refractivity contribution is 6.01. The highest BCUT2D eigenvalue weighted by Gasteiger charge is 2.28. The first-order valence-electron chi connectivity index (χ1n) is 10.3. The first-order chi connectivity index (χ1) is 14.7. The third kappa shape index (κ3) is 4.84. The number of non-ortho nitro benzene ring substituents is 1. The molecule has 2 aromatic rings. The number of rotatable bonds is 5. The molecule has 0 unspecified atom stereocenters. The number of nitrogens with zero attached hydrogens (tertiary/aromatic N) is 4. The Kier molecular flexibility index (Phi) is 6.58. The summed E-state index contributed by atoms with van der Waals surface area (Å²) in [6.45, 7) is 5.81. The lowest BCUT2D eigenvalue weighted by molar-refractivity contribution is -0.384. The first kappa shape index (κ1) is 22.3. The topological polar surface area (TPSA) is 87.0 Å². The molecule has 3 rings (SSSR count). The minimum Gasteiger partial charge on any atom is -0.377 e. The Morgan fingerprint density at radius 1 is 0.935 bits per heavy atom. The molecule has 1 heterocycles. The maximum atomic E-state index is 13.1. The SMILES string of the molecule is CC(C)c1ccc(C(=O)N2CCN(C(=O)c3cc([N+](=O)[O-])ccc3N(C)C)CC2)cc1. The number of piperazine rings is 1. The zero-order chi connectivity index (χ0) is 22.7. The van der Waals surface area contributed by atoms with E-state index in [1.807, 2.05) is 24.3 Å². The molecule has 0 N–H and O–H groups in total. The normalized spacial score (nSPS) is 14.0. The van der Waals surface area contributed by atoms with Gasteiger partial charge in [-0.15, -0.1) is 0 Å². The molecule has 8 heteroatoms. The van der Waals surface area contributed by atoms with E-state index in [-0.39, 0.29) is 17.5 Å². The third-order valence-corrected chi connectivity index (χ3v) is 5.58. The summed E-state index contributed by atoms with van der Waals surface area (Å²) in [5, 5.41) is 11.2. The fraction of sp³-hybridized carbons (Fsp3) is 0.391. The van der Waals surface area contributed by atoms with Crippen molar-refractivity contribution < 1.29 is 14.5 Å². The Morgan fingerprint density at radius 2 is 1.48 bits per heavy atom. The standard InChI is InChI=1S/C23H28N4O4/c1-16(2)17-5-7-18(8-6-17)22(28)25-11-13-26(14-12-25)23(29)20-15-19(27(30)31)9-10-21(20)24(3)4/h5-10,15-16H,11-14H2,1-4H3. The Hall–Kier alpha value is -3.42. The van der Waals surface area contributed by atoms with Crippen LogP contribution in [0.2, 0.25) is 0 Å². The van der Waals surface area contributed by atoms with E-state index in [4.69, 9.17) is 0 Å². The minimum absolute atomic E-state index is 0.0493. The van der Waals surface area contributed by atoms with Gasteiger partial charge >= 0.3 is 0 Å². The van der Waals surface area contributed by atoms with Gasteiger partial charge in [0.15, 0.2) is 0 Å². The Balaban J connectivity index is 1.70. The zero-order valence-electron chi connectivity index (χ0n) is 18.4. The van der Waals surface area contributed by atoms with Crippen LogP contribution in [0.1, 0.15) is 46.0 Å². The molecule has 1 aliphatic heterocycles. The summed E-state index contributed by atoms with van der Waals surface area (Å²) < 4.78 is 0. The van der Waals surface area contributed by atoms with E-state index in [2.05, 4.69) is 13.8 Å². The van der Waals surface area contributed by atoms with Crippen LogP contribution >= 0.6 is 0 Å². The van der Waals surface area contributed by atoms with Crippen LogP contribution in [0.15, 0.2) is 42.5 Å². The number of anilines is 1. The van der Waals surface area contributed by atoms with Crippen LogP contribution < -0.4 is 4.90 Å². The van der Waals surface area contributed by atoms with Crippen LogP contribution in [0.5, 0.6) is 0 Å². The fourth-order valence-corrected chi connectivity index (χ4v) is 3.68. The lowest BCUT2D eigenvalue weighted by Gasteiger charge is -2.35. The van der Waals surface area contributed by atoms with Gasteiger partial charge in [-0.25, -0.2) is 0 Å². The fourth-order valence-electron chi connectivity index (χ4n) is 3.68. The second-order valence-electron chi connectivity index (χ2n) is 8.21. The molecule has 0 aliphatic carbocycles. The number of hydrogen-bond donors (Lipinski definition) is 0. The zero-order valence-corrected chi connectivity index (χ0v) is 18.4. The van der Waals surface area contributed by atoms with Gasteiger partial charge in [0, 0.05) is 63.7 Å². The molecule has 0 aromatic heterocycles. The van der Waals surface area contributed by atoms with Crippen LogP contribution in [0, 0.1) is 10.1 Å². The quantitative estimate of drug-likeness (QED) is 0.542. The summed E-state index contributed by atoms with van der Waals surface area (Å²) in [7, 11) is 3.58. The number of carbonyl (C=O) groups is 2. The summed E-state index contributed by atoms with van der Waals surface area (Å²) in [5.41, 5.74) is 2.62. The predicted octanol–water partition coefficient (Wildman–Crippen LogP) is 3.38. The van der Waals surface area contributed by atoms with Crippen LogP contribution in [0.25, 0.3) is 0 Å². The lowest BCUT2D eigenvalue weighted by atomic mass is 10.0. The van der Waals surface area contributed by atoms with Gasteiger partial charge in [0.05, 0.1) is 10.5 Å². The smallest absolute Gasteiger partial charge is 0.270 e. The maximum Gasteiger partial charge on any atom is 0.270 e. The molecular weight excluding hydrogens is 396 g/mol. The van der Waals surface area contributed by atoms with Gasteiger partial charge in [0.2, 0.25) is 0 Å². The Labute approximate surface area is 182 Å². The van der Waals surface area contributed by atoms with Crippen molar-refractivity contribution in [3.05, 3.63) is 69.3 Å². The molecule has 2 aromatic carbocycles. The first-order valence-corrected chi connectivity index (χ1v) is 10.3. The average Bonchev–Trinajstić information content (AvgIpc) is 2.77. The maximum absolute atomic E-state index is 13.1. The van der Waals surface area contributed by atoms with E-state index in [1.54, 1.807) is 34.9 Å². The number of benzene rings is 2. The molecule has 0 radical (unpaired) electrons. The molecule has 0 bridgehead atoms. The molecular formula is C23H28N4O4. The van der Waals surface area contributed by atoms with Crippen molar-refractivity contribution in [3.8, 4) is 0 Å². The van der Waals surface area contributed by atoms with E-state index >= 15 is 0 Å². The van der Waals surface area contributed by atoms with Crippen molar-refractivity contribution in [1.82, 2.24) is 9.80 Å². The van der Waals surface area contributed by atoms with Crippen molar-refractivity contribution in [2.24, 2.45) is 0 Å². The summed E-state index contributed by atoms with van der Waals surface area (Å²) in [5.74, 6) is 0.0899. The van der Waals surface area contributed by atoms with Gasteiger partial charge in [0.1, 0.15) is 0 Å². The van der Waals surface area contributed by atoms with Crippen LogP contribution in [0.4, 0.5) is 11.4 Å². The van der Waals surface area contributed by atoms with Crippen molar-refractivity contribution >= 4 is 23.2 Å². The molecule has 1 aliphatic rings. The summed E-state index contributed by atoms with van der Waals surface area (Å²) in [6.07, 6.45) is 0. The lowest BCUT2D eigenvalue weighted by Crippen LogP contribution is -2.50. The van der Waals surface area contributed by atoms with Crippen LogP contribution in [-0.2, 0) is 0 Å². The van der Waals surface area contributed by atoms with Crippen molar-refractivity contribution in [1.29, 1.82) is 0 Å². The number of nitro benzene ring substituents is 1. The average molecular weight is 425 g/mol. The van der Waals surface area contributed by atoms with E-state index in [0.717, 1.165) is 0 Å². The summed E-state index contributed by atoms with van der Waals surface area (Å²) >= 11 is 0.